The number of aromatic nitrogens is 1. The number of benzene rings is 1. The summed E-state index contributed by atoms with van der Waals surface area (Å²) in [7, 11) is 1.33. The van der Waals surface area contributed by atoms with Crippen molar-refractivity contribution in [1.82, 2.24) is 4.98 Å². The Bertz CT molecular complexity index is 939. The van der Waals surface area contributed by atoms with Gasteiger partial charge in [-0.05, 0) is 17.7 Å². The van der Waals surface area contributed by atoms with Crippen LogP contribution < -0.4 is 5.73 Å². The summed E-state index contributed by atoms with van der Waals surface area (Å²) in [4.78, 5) is 20.3. The lowest BCUT2D eigenvalue weighted by Crippen LogP contribution is -2.06. The van der Waals surface area contributed by atoms with Crippen molar-refractivity contribution in [2.24, 2.45) is 4.99 Å². The summed E-state index contributed by atoms with van der Waals surface area (Å²) >= 11 is 1.40. The number of carbonyl (C=O) groups is 1. The normalized spacial score (nSPS) is 14.5. The van der Waals surface area contributed by atoms with E-state index in [2.05, 4.69) is 22.6 Å². The summed E-state index contributed by atoms with van der Waals surface area (Å²) in [6.07, 6.45) is 3.50. The quantitative estimate of drug-likeness (QED) is 0.479. The molecule has 130 valence electrons. The first kappa shape index (κ1) is 17.7. The standard InChI is InChI=1S/C19H16N4O2S/c1-3-8-26-18-13(9-20)15(16(14-10-22-14)17(21)23-18)11-4-6-12(7-5-11)19(24)25-2/h3-7,10,14H,1,8H2,2H3,(H2,21,23). The van der Waals surface area contributed by atoms with Gasteiger partial charge < -0.3 is 10.5 Å². The van der Waals surface area contributed by atoms with Crippen molar-refractivity contribution in [2.75, 3.05) is 18.6 Å². The molecule has 3 rings (SSSR count). The van der Waals surface area contributed by atoms with Crippen molar-refractivity contribution in [3.63, 3.8) is 0 Å². The van der Waals surface area contributed by atoms with Crippen LogP contribution >= 0.6 is 11.8 Å². The van der Waals surface area contributed by atoms with Crippen LogP contribution in [0.25, 0.3) is 11.1 Å². The Balaban J connectivity index is 2.17. The largest absolute Gasteiger partial charge is 0.465 e. The van der Waals surface area contributed by atoms with Crippen molar-refractivity contribution in [1.29, 1.82) is 5.26 Å². The van der Waals surface area contributed by atoms with E-state index in [-0.39, 0.29) is 6.04 Å². The third-order valence-corrected chi connectivity index (χ3v) is 4.84. The van der Waals surface area contributed by atoms with Crippen LogP contribution in [0, 0.1) is 11.3 Å². The average Bonchev–Trinajstić information content (AvgIpc) is 3.50. The number of hydrogen-bond donors (Lipinski definition) is 1. The molecule has 1 aliphatic rings. The van der Waals surface area contributed by atoms with Gasteiger partial charge in [-0.2, -0.15) is 5.26 Å². The molecule has 7 heteroatoms. The number of nitriles is 1. The number of methoxy groups -OCH3 is 1. The number of aliphatic imine (C=N–C) groups is 1. The maximum atomic E-state index is 11.7. The van der Waals surface area contributed by atoms with Gasteiger partial charge in [-0.1, -0.05) is 18.2 Å². The van der Waals surface area contributed by atoms with Crippen LogP contribution in [0.15, 0.2) is 46.9 Å². The molecule has 0 bridgehead atoms. The summed E-state index contributed by atoms with van der Waals surface area (Å²) in [5, 5.41) is 10.3. The van der Waals surface area contributed by atoms with Crippen LogP contribution in [-0.2, 0) is 4.74 Å². The summed E-state index contributed by atoms with van der Waals surface area (Å²) in [6.45, 7) is 3.70. The van der Waals surface area contributed by atoms with Crippen molar-refractivity contribution in [3.05, 3.63) is 53.6 Å². The number of rotatable bonds is 6. The van der Waals surface area contributed by atoms with E-state index >= 15 is 0 Å². The van der Waals surface area contributed by atoms with Crippen molar-refractivity contribution in [2.45, 2.75) is 11.1 Å². The second-order valence-corrected chi connectivity index (χ2v) is 6.50. The zero-order valence-electron chi connectivity index (χ0n) is 14.1. The molecular weight excluding hydrogens is 348 g/mol. The van der Waals surface area contributed by atoms with Crippen LogP contribution in [0.1, 0.15) is 27.5 Å². The van der Waals surface area contributed by atoms with Gasteiger partial charge >= 0.3 is 5.97 Å². The predicted octanol–water partition coefficient (Wildman–Crippen LogP) is 3.39. The highest BCUT2D eigenvalue weighted by Gasteiger charge is 2.28. The fourth-order valence-corrected chi connectivity index (χ4v) is 3.35. The third-order valence-electron chi connectivity index (χ3n) is 3.87. The minimum absolute atomic E-state index is 0.164. The van der Waals surface area contributed by atoms with Gasteiger partial charge in [-0.3, -0.25) is 4.99 Å². The lowest BCUT2D eigenvalue weighted by atomic mass is 9.93. The monoisotopic (exact) mass is 364 g/mol. The Morgan fingerprint density at radius 3 is 2.69 bits per heavy atom. The maximum absolute atomic E-state index is 11.7. The highest BCUT2D eigenvalue weighted by atomic mass is 32.2. The molecule has 1 unspecified atom stereocenters. The first-order valence-corrected chi connectivity index (χ1v) is 8.78. The molecule has 0 fully saturated rings. The van der Waals surface area contributed by atoms with Crippen LogP contribution in [0.5, 0.6) is 0 Å². The van der Waals surface area contributed by atoms with Crippen LogP contribution in [-0.4, -0.2) is 30.0 Å². The van der Waals surface area contributed by atoms with Gasteiger partial charge in [0, 0.05) is 23.1 Å². The molecule has 0 spiro atoms. The molecule has 2 N–H and O–H groups in total. The Labute approximate surface area is 155 Å². The summed E-state index contributed by atoms with van der Waals surface area (Å²) in [5.74, 6) is 0.547. The van der Waals surface area contributed by atoms with E-state index in [1.807, 2.05) is 0 Å². The molecule has 26 heavy (non-hydrogen) atoms. The number of pyridine rings is 1. The average molecular weight is 364 g/mol. The van der Waals surface area contributed by atoms with Crippen LogP contribution in [0.4, 0.5) is 5.82 Å². The number of esters is 1. The number of thioether (sulfide) groups is 1. The van der Waals surface area contributed by atoms with E-state index in [0.717, 1.165) is 11.1 Å². The Morgan fingerprint density at radius 1 is 1.46 bits per heavy atom. The topological polar surface area (TPSA) is 101 Å². The smallest absolute Gasteiger partial charge is 0.337 e. The molecule has 1 atom stereocenters. The van der Waals surface area contributed by atoms with E-state index in [4.69, 9.17) is 10.5 Å². The molecule has 2 aromatic rings. The number of carbonyl (C=O) groups excluding carboxylic acids is 1. The lowest BCUT2D eigenvalue weighted by Gasteiger charge is -2.16. The van der Waals surface area contributed by atoms with Crippen molar-refractivity contribution >= 4 is 29.8 Å². The first-order valence-electron chi connectivity index (χ1n) is 7.80. The van der Waals surface area contributed by atoms with E-state index in [1.165, 1.54) is 18.9 Å². The lowest BCUT2D eigenvalue weighted by molar-refractivity contribution is 0.0601. The van der Waals surface area contributed by atoms with Crippen LogP contribution in [0.2, 0.25) is 0 Å². The molecule has 1 aromatic heterocycles. The molecule has 0 aliphatic carbocycles. The Kier molecular flexibility index (Phi) is 5.05. The number of anilines is 1. The van der Waals surface area contributed by atoms with Gasteiger partial charge in [-0.25, -0.2) is 9.78 Å². The molecule has 1 aromatic carbocycles. The molecule has 1 aliphatic heterocycles. The van der Waals surface area contributed by atoms with Crippen molar-refractivity contribution in [3.8, 4) is 17.2 Å². The molecule has 6 nitrogen and oxygen atoms in total. The molecule has 0 saturated heterocycles. The van der Waals surface area contributed by atoms with Crippen molar-refractivity contribution < 1.29 is 9.53 Å². The molecule has 0 amide bonds. The first-order chi connectivity index (χ1) is 12.6. The third kappa shape index (κ3) is 3.32. The summed E-state index contributed by atoms with van der Waals surface area (Å²) in [5.41, 5.74) is 9.25. The van der Waals surface area contributed by atoms with Gasteiger partial charge in [-0.15, -0.1) is 18.3 Å². The maximum Gasteiger partial charge on any atom is 0.337 e. The number of nitrogens with two attached hydrogens (primary N) is 1. The zero-order chi connectivity index (χ0) is 18.7. The molecule has 0 saturated carbocycles. The molecule has 2 heterocycles. The highest BCUT2D eigenvalue weighted by molar-refractivity contribution is 7.99. The summed E-state index contributed by atoms with van der Waals surface area (Å²) < 4.78 is 4.73. The zero-order valence-corrected chi connectivity index (χ0v) is 14.9. The number of nitrogen functional groups attached to an aromatic ring is 1. The van der Waals surface area contributed by atoms with E-state index in [1.54, 1.807) is 36.6 Å². The molecular formula is C19H16N4O2S. The van der Waals surface area contributed by atoms with Gasteiger partial charge in [0.25, 0.3) is 0 Å². The minimum Gasteiger partial charge on any atom is -0.465 e. The SMILES string of the molecule is C=CCSc1nc(N)c(C2C=N2)c(-c2ccc(C(=O)OC)cc2)c1C#N. The fourth-order valence-electron chi connectivity index (χ4n) is 2.62. The van der Waals surface area contributed by atoms with Gasteiger partial charge in [0.15, 0.2) is 0 Å². The van der Waals surface area contributed by atoms with Gasteiger partial charge in [0.05, 0.1) is 18.2 Å². The minimum atomic E-state index is -0.417. The van der Waals surface area contributed by atoms with Gasteiger partial charge in [0.2, 0.25) is 0 Å². The fraction of sp³-hybridized carbons (Fsp3) is 0.158. The molecule has 0 radical (unpaired) electrons. The highest BCUT2D eigenvalue weighted by Crippen LogP contribution is 2.42. The van der Waals surface area contributed by atoms with E-state index < -0.39 is 5.97 Å². The predicted molar refractivity (Wildman–Crippen MR) is 102 cm³/mol. The number of ether oxygens (including phenoxy) is 1. The Hall–Kier alpha value is -3.11. The van der Waals surface area contributed by atoms with Crippen LogP contribution in [0.3, 0.4) is 0 Å². The summed E-state index contributed by atoms with van der Waals surface area (Å²) in [6, 6.07) is 8.95. The second-order valence-electron chi connectivity index (χ2n) is 5.49. The number of hydrogen-bond acceptors (Lipinski definition) is 7. The Morgan fingerprint density at radius 2 is 2.15 bits per heavy atom. The second kappa shape index (κ2) is 7.42. The van der Waals surface area contributed by atoms with E-state index in [0.29, 0.717) is 33.3 Å². The number of nitrogens with zero attached hydrogens (tertiary/aromatic N) is 3. The van der Waals surface area contributed by atoms with Gasteiger partial charge in [0.1, 0.15) is 23.0 Å². The van der Waals surface area contributed by atoms with E-state index in [9.17, 15) is 10.1 Å².